The van der Waals surface area contributed by atoms with E-state index >= 15 is 0 Å². The zero-order valence-corrected chi connectivity index (χ0v) is 13.9. The van der Waals surface area contributed by atoms with Crippen molar-refractivity contribution in [3.05, 3.63) is 0 Å². The number of alkyl halides is 6. The molecule has 0 unspecified atom stereocenters. The van der Waals surface area contributed by atoms with Gasteiger partial charge in [-0.15, -0.1) is 0 Å². The van der Waals surface area contributed by atoms with Gasteiger partial charge in [0.2, 0.25) is 0 Å². The molecule has 0 atom stereocenters. The van der Waals surface area contributed by atoms with Crippen LogP contribution in [0.3, 0.4) is 0 Å². The first kappa shape index (κ1) is 23.4. The summed E-state index contributed by atoms with van der Waals surface area (Å²) < 4.78 is 125. The van der Waals surface area contributed by atoms with Crippen LogP contribution in [0.1, 0.15) is 13.8 Å². The Labute approximate surface area is 136 Å². The lowest BCUT2D eigenvalue weighted by Gasteiger charge is -2.29. The molecule has 0 aliphatic heterocycles. The van der Waals surface area contributed by atoms with Crippen LogP contribution in [0.25, 0.3) is 0 Å². The maximum atomic E-state index is 12.8. The highest BCUT2D eigenvalue weighted by atomic mass is 32.3. The minimum atomic E-state index is -7.64. The molecule has 148 valence electrons. The fraction of sp³-hybridized carbons (Fsp3) is 0.778. The topological polar surface area (TPSA) is 121 Å². The predicted molar refractivity (Wildman–Crippen MR) is 65.9 cm³/mol. The average molecular weight is 424 g/mol. The standard InChI is InChI=1S/C9H10F6O8S2/c1-3-22-5(16)7(6(17)23-4-2,24(18,19)8(10,11)12)25(20,21)9(13,14)15/h3-4H2,1-2H3. The molecular formula is C9H10F6O8S2. The van der Waals surface area contributed by atoms with Crippen LogP contribution in [0.15, 0.2) is 0 Å². The summed E-state index contributed by atoms with van der Waals surface area (Å²) in [5, 5.41) is 0. The minimum absolute atomic E-state index is 0.814. The molecule has 0 aromatic carbocycles. The van der Waals surface area contributed by atoms with Crippen molar-refractivity contribution in [2.45, 2.75) is 28.9 Å². The summed E-state index contributed by atoms with van der Waals surface area (Å²) in [6.45, 7) is -0.454. The van der Waals surface area contributed by atoms with Gasteiger partial charge in [0.15, 0.2) is 0 Å². The van der Waals surface area contributed by atoms with E-state index < -0.39 is 59.9 Å². The van der Waals surface area contributed by atoms with Crippen LogP contribution in [-0.2, 0) is 38.7 Å². The van der Waals surface area contributed by atoms with Crippen LogP contribution in [0.2, 0.25) is 0 Å². The summed E-state index contributed by atoms with van der Waals surface area (Å²) in [4.78, 5) is 23.4. The Morgan fingerprint density at radius 2 is 0.960 bits per heavy atom. The third-order valence-electron chi connectivity index (χ3n) is 2.45. The first-order valence-electron chi connectivity index (χ1n) is 5.93. The van der Waals surface area contributed by atoms with E-state index in [9.17, 15) is 52.8 Å². The van der Waals surface area contributed by atoms with Gasteiger partial charge in [0.25, 0.3) is 19.7 Å². The molecule has 16 heteroatoms. The van der Waals surface area contributed by atoms with Crippen molar-refractivity contribution in [2.75, 3.05) is 13.2 Å². The normalized spacial score (nSPS) is 14.1. The summed E-state index contributed by atoms with van der Waals surface area (Å²) in [6.07, 6.45) is 0. The molecule has 8 nitrogen and oxygen atoms in total. The maximum Gasteiger partial charge on any atom is 0.500 e. The van der Waals surface area contributed by atoms with Crippen molar-refractivity contribution in [2.24, 2.45) is 0 Å². The van der Waals surface area contributed by atoms with E-state index in [1.54, 1.807) is 0 Å². The lowest BCUT2D eigenvalue weighted by Crippen LogP contribution is -2.66. The van der Waals surface area contributed by atoms with Crippen molar-refractivity contribution in [3.63, 3.8) is 0 Å². The monoisotopic (exact) mass is 424 g/mol. The van der Waals surface area contributed by atoms with Crippen LogP contribution < -0.4 is 0 Å². The van der Waals surface area contributed by atoms with Gasteiger partial charge in [-0.25, -0.2) is 26.4 Å². The van der Waals surface area contributed by atoms with Crippen molar-refractivity contribution >= 4 is 31.6 Å². The van der Waals surface area contributed by atoms with E-state index in [0.29, 0.717) is 0 Å². The Bertz CT molecular complexity index is 669. The highest BCUT2D eigenvalue weighted by Gasteiger charge is 2.82. The molecule has 0 saturated carbocycles. The molecule has 0 aliphatic rings. The van der Waals surface area contributed by atoms with Crippen LogP contribution in [-0.4, -0.2) is 57.1 Å². The van der Waals surface area contributed by atoms with Crippen LogP contribution in [0, 0.1) is 0 Å². The lowest BCUT2D eigenvalue weighted by atomic mass is 10.4. The SMILES string of the molecule is CCOC(=O)C(C(=O)OCC)(S(=O)(=O)C(F)(F)F)S(=O)(=O)C(F)(F)F. The second-order valence-electron chi connectivity index (χ2n) is 3.96. The number of carbonyl (C=O) groups is 2. The van der Waals surface area contributed by atoms with E-state index in [2.05, 4.69) is 9.47 Å². The number of esters is 2. The second-order valence-corrected chi connectivity index (χ2v) is 8.38. The molecule has 25 heavy (non-hydrogen) atoms. The van der Waals surface area contributed by atoms with Crippen molar-refractivity contribution < 1.29 is 62.2 Å². The number of halogens is 6. The first-order valence-corrected chi connectivity index (χ1v) is 8.89. The van der Waals surface area contributed by atoms with Gasteiger partial charge >= 0.3 is 27.0 Å². The van der Waals surface area contributed by atoms with E-state index in [1.807, 2.05) is 0 Å². The Kier molecular flexibility index (Phi) is 6.53. The molecule has 0 amide bonds. The molecule has 0 aliphatic carbocycles. The summed E-state index contributed by atoms with van der Waals surface area (Å²) in [5.41, 5.74) is -13.5. The minimum Gasteiger partial charge on any atom is -0.464 e. The Morgan fingerprint density at radius 3 is 1.12 bits per heavy atom. The largest absolute Gasteiger partial charge is 0.500 e. The molecule has 0 aromatic heterocycles. The zero-order valence-electron chi connectivity index (χ0n) is 12.3. The van der Waals surface area contributed by atoms with Crippen molar-refractivity contribution in [1.29, 1.82) is 0 Å². The number of sulfone groups is 2. The fourth-order valence-corrected chi connectivity index (χ4v) is 4.93. The van der Waals surface area contributed by atoms with E-state index in [1.165, 1.54) is 0 Å². The molecule has 0 N–H and O–H groups in total. The van der Waals surface area contributed by atoms with Crippen molar-refractivity contribution in [1.82, 2.24) is 0 Å². The Balaban J connectivity index is 7.42. The van der Waals surface area contributed by atoms with Gasteiger partial charge < -0.3 is 9.47 Å². The molecular weight excluding hydrogens is 414 g/mol. The molecule has 0 bridgehead atoms. The molecule has 0 rings (SSSR count). The summed E-state index contributed by atoms with van der Waals surface area (Å²) in [6, 6.07) is 0. The van der Waals surface area contributed by atoms with Gasteiger partial charge in [-0.1, -0.05) is 0 Å². The molecule has 0 saturated heterocycles. The highest BCUT2D eigenvalue weighted by molar-refractivity contribution is 8.13. The maximum absolute atomic E-state index is 12.8. The third-order valence-corrected chi connectivity index (χ3v) is 7.17. The van der Waals surface area contributed by atoms with Gasteiger partial charge in [0, 0.05) is 0 Å². The quantitative estimate of drug-likeness (QED) is 0.347. The number of carbonyl (C=O) groups excluding carboxylic acids is 2. The smallest absolute Gasteiger partial charge is 0.464 e. The summed E-state index contributed by atoms with van der Waals surface area (Å²) in [7, 11) is -15.3. The number of hydrogen-bond donors (Lipinski definition) is 0. The first-order chi connectivity index (χ1) is 11.0. The van der Waals surface area contributed by atoms with E-state index in [0.717, 1.165) is 13.8 Å². The van der Waals surface area contributed by atoms with Crippen LogP contribution >= 0.6 is 0 Å². The number of hydrogen-bond acceptors (Lipinski definition) is 8. The summed E-state index contributed by atoms with van der Waals surface area (Å²) in [5.74, 6) is -6.22. The second kappa shape index (κ2) is 6.97. The molecule has 0 radical (unpaired) electrons. The molecule has 0 fully saturated rings. The van der Waals surface area contributed by atoms with E-state index in [4.69, 9.17) is 0 Å². The van der Waals surface area contributed by atoms with Gasteiger partial charge in [-0.05, 0) is 13.8 Å². The Morgan fingerprint density at radius 1 is 0.720 bits per heavy atom. The van der Waals surface area contributed by atoms with Gasteiger partial charge in [0.1, 0.15) is 0 Å². The van der Waals surface area contributed by atoms with E-state index in [-0.39, 0.29) is 0 Å². The average Bonchev–Trinajstić information content (AvgIpc) is 2.36. The van der Waals surface area contributed by atoms with Crippen LogP contribution in [0.4, 0.5) is 26.3 Å². The Hall–Kier alpha value is -1.58. The van der Waals surface area contributed by atoms with Gasteiger partial charge in [0.05, 0.1) is 13.2 Å². The van der Waals surface area contributed by atoms with Crippen LogP contribution in [0.5, 0.6) is 0 Å². The fourth-order valence-electron chi connectivity index (χ4n) is 1.44. The van der Waals surface area contributed by atoms with Gasteiger partial charge in [-0.3, -0.25) is 0 Å². The number of ether oxygens (including phenoxy) is 2. The summed E-state index contributed by atoms with van der Waals surface area (Å²) >= 11 is 0. The number of rotatable bonds is 6. The third kappa shape index (κ3) is 3.40. The molecule has 0 spiro atoms. The van der Waals surface area contributed by atoms with Crippen molar-refractivity contribution in [3.8, 4) is 0 Å². The molecule has 0 aromatic rings. The zero-order chi connectivity index (χ0) is 20.5. The van der Waals surface area contributed by atoms with Gasteiger partial charge in [-0.2, -0.15) is 26.3 Å². The lowest BCUT2D eigenvalue weighted by molar-refractivity contribution is -0.157. The molecule has 0 heterocycles. The predicted octanol–water partition coefficient (Wildman–Crippen LogP) is 0.678. The highest BCUT2D eigenvalue weighted by Crippen LogP contribution is 2.45.